The summed E-state index contributed by atoms with van der Waals surface area (Å²) in [7, 11) is 0. The lowest BCUT2D eigenvalue weighted by molar-refractivity contribution is 0.0955. The van der Waals surface area contributed by atoms with Gasteiger partial charge in [-0.3, -0.25) is 4.79 Å². The van der Waals surface area contributed by atoms with E-state index in [4.69, 9.17) is 14.7 Å². The molecule has 0 aliphatic heterocycles. The Kier molecular flexibility index (Phi) is 7.72. The van der Waals surface area contributed by atoms with Crippen molar-refractivity contribution in [2.24, 2.45) is 5.10 Å². The van der Waals surface area contributed by atoms with Crippen LogP contribution in [0.15, 0.2) is 90.0 Å². The molecule has 0 fully saturated rings. The molecule has 0 radical (unpaired) electrons. The first-order valence-electron chi connectivity index (χ1n) is 11.4. The molecule has 0 spiro atoms. The molecule has 1 amide bonds. The van der Waals surface area contributed by atoms with Crippen molar-refractivity contribution in [1.82, 2.24) is 5.43 Å². The summed E-state index contributed by atoms with van der Waals surface area (Å²) in [6, 6.07) is 28.2. The van der Waals surface area contributed by atoms with Crippen molar-refractivity contribution in [3.8, 4) is 17.6 Å². The molecule has 0 aliphatic carbocycles. The van der Waals surface area contributed by atoms with Crippen LogP contribution in [0.1, 0.15) is 40.4 Å². The third-order valence-corrected chi connectivity index (χ3v) is 5.33. The number of rotatable bonds is 9. The van der Waals surface area contributed by atoms with E-state index in [0.29, 0.717) is 30.1 Å². The van der Waals surface area contributed by atoms with E-state index in [1.54, 1.807) is 42.6 Å². The highest BCUT2D eigenvalue weighted by molar-refractivity contribution is 6.03. The van der Waals surface area contributed by atoms with E-state index in [9.17, 15) is 4.79 Å². The number of ether oxygens (including phenoxy) is 2. The average molecular weight is 464 g/mol. The Labute approximate surface area is 204 Å². The number of hydrogen-bond acceptors (Lipinski definition) is 5. The molecule has 0 unspecified atom stereocenters. The first-order valence-corrected chi connectivity index (χ1v) is 11.4. The molecule has 0 aromatic heterocycles. The zero-order chi connectivity index (χ0) is 24.5. The fourth-order valence-corrected chi connectivity index (χ4v) is 3.57. The first-order chi connectivity index (χ1) is 17.2. The minimum atomic E-state index is -0.320. The minimum absolute atomic E-state index is 0.299. The SMILES string of the molecule is CCCOc1ccc(C(=O)N/N=C\c2c(OCc3cccc(C#N)c3)ccc3ccccc23)cc1. The van der Waals surface area contributed by atoms with Gasteiger partial charge in [-0.05, 0) is 65.2 Å². The number of nitriles is 1. The summed E-state index contributed by atoms with van der Waals surface area (Å²) in [4.78, 5) is 12.6. The maximum Gasteiger partial charge on any atom is 0.271 e. The average Bonchev–Trinajstić information content (AvgIpc) is 2.91. The standard InChI is InChI=1S/C29H25N3O3/c1-2-16-34-25-13-10-24(11-14-25)29(33)32-31-19-27-26-9-4-3-8-23(26)12-15-28(27)35-20-22-7-5-6-21(17-22)18-30/h3-15,17,19H,2,16,20H2,1H3,(H,32,33)/b31-19-. The number of hydrazone groups is 1. The van der Waals surface area contributed by atoms with Crippen LogP contribution in [0, 0.1) is 11.3 Å². The van der Waals surface area contributed by atoms with Gasteiger partial charge in [0, 0.05) is 11.1 Å². The molecule has 0 saturated heterocycles. The molecule has 0 aliphatic rings. The highest BCUT2D eigenvalue weighted by Gasteiger charge is 2.09. The lowest BCUT2D eigenvalue weighted by Crippen LogP contribution is -2.17. The Morgan fingerprint density at radius 1 is 1.00 bits per heavy atom. The van der Waals surface area contributed by atoms with E-state index in [2.05, 4.69) is 16.6 Å². The van der Waals surface area contributed by atoms with Crippen molar-refractivity contribution < 1.29 is 14.3 Å². The number of hydrogen-bond donors (Lipinski definition) is 1. The van der Waals surface area contributed by atoms with Crippen LogP contribution in [0.25, 0.3) is 10.8 Å². The summed E-state index contributed by atoms with van der Waals surface area (Å²) in [5.41, 5.74) is 5.30. The number of fused-ring (bicyclic) bond motifs is 1. The van der Waals surface area contributed by atoms with Gasteiger partial charge >= 0.3 is 0 Å². The Morgan fingerprint density at radius 2 is 1.83 bits per heavy atom. The van der Waals surface area contributed by atoms with Crippen LogP contribution < -0.4 is 14.9 Å². The second kappa shape index (κ2) is 11.5. The van der Waals surface area contributed by atoms with Crippen LogP contribution in [0.3, 0.4) is 0 Å². The van der Waals surface area contributed by atoms with Gasteiger partial charge in [-0.25, -0.2) is 5.43 Å². The van der Waals surface area contributed by atoms with Gasteiger partial charge in [-0.15, -0.1) is 0 Å². The normalized spacial score (nSPS) is 10.7. The smallest absolute Gasteiger partial charge is 0.271 e. The van der Waals surface area contributed by atoms with E-state index in [1.165, 1.54) is 0 Å². The maximum absolute atomic E-state index is 12.6. The molecular weight excluding hydrogens is 438 g/mol. The molecule has 6 heteroatoms. The van der Waals surface area contributed by atoms with Gasteiger partial charge in [0.2, 0.25) is 0 Å². The number of carbonyl (C=O) groups excluding carboxylic acids is 1. The number of nitrogens with zero attached hydrogens (tertiary/aromatic N) is 2. The van der Waals surface area contributed by atoms with Gasteiger partial charge in [0.25, 0.3) is 5.91 Å². The topological polar surface area (TPSA) is 83.7 Å². The Bertz CT molecular complexity index is 1390. The quantitative estimate of drug-likeness (QED) is 0.250. The van der Waals surface area contributed by atoms with Gasteiger partial charge in [-0.1, -0.05) is 49.4 Å². The molecule has 0 saturated carbocycles. The predicted molar refractivity (Wildman–Crippen MR) is 137 cm³/mol. The molecule has 0 bridgehead atoms. The van der Waals surface area contributed by atoms with Gasteiger partial charge in [0.05, 0.1) is 24.5 Å². The molecule has 0 heterocycles. The van der Waals surface area contributed by atoms with Crippen molar-refractivity contribution in [2.45, 2.75) is 20.0 Å². The zero-order valence-electron chi connectivity index (χ0n) is 19.4. The fraction of sp³-hybridized carbons (Fsp3) is 0.138. The minimum Gasteiger partial charge on any atom is -0.494 e. The zero-order valence-corrected chi connectivity index (χ0v) is 19.4. The first kappa shape index (κ1) is 23.5. The number of benzene rings is 4. The van der Waals surface area contributed by atoms with Gasteiger partial charge in [0.15, 0.2) is 0 Å². The van der Waals surface area contributed by atoms with Gasteiger partial charge in [-0.2, -0.15) is 10.4 Å². The summed E-state index contributed by atoms with van der Waals surface area (Å²) in [5, 5.41) is 15.3. The molecule has 4 rings (SSSR count). The summed E-state index contributed by atoms with van der Waals surface area (Å²) < 4.78 is 11.7. The van der Waals surface area contributed by atoms with Crippen molar-refractivity contribution in [3.63, 3.8) is 0 Å². The van der Waals surface area contributed by atoms with E-state index < -0.39 is 0 Å². The summed E-state index contributed by atoms with van der Waals surface area (Å²) in [5.74, 6) is 1.03. The van der Waals surface area contributed by atoms with Crippen LogP contribution in [0.5, 0.6) is 11.5 Å². The molecule has 6 nitrogen and oxygen atoms in total. The Morgan fingerprint density at radius 3 is 2.63 bits per heavy atom. The molecule has 35 heavy (non-hydrogen) atoms. The summed E-state index contributed by atoms with van der Waals surface area (Å²) >= 11 is 0. The maximum atomic E-state index is 12.6. The summed E-state index contributed by atoms with van der Waals surface area (Å²) in [6.07, 6.45) is 2.52. The third-order valence-electron chi connectivity index (χ3n) is 5.33. The second-order valence-corrected chi connectivity index (χ2v) is 7.87. The Hall–Kier alpha value is -4.63. The molecule has 4 aromatic carbocycles. The van der Waals surface area contributed by atoms with Crippen molar-refractivity contribution in [3.05, 3.63) is 107 Å². The van der Waals surface area contributed by atoms with Crippen LogP contribution in [-0.2, 0) is 6.61 Å². The van der Waals surface area contributed by atoms with Gasteiger partial charge in [0.1, 0.15) is 18.1 Å². The fourth-order valence-electron chi connectivity index (χ4n) is 3.57. The molecular formula is C29H25N3O3. The van der Waals surface area contributed by atoms with E-state index in [1.807, 2.05) is 55.5 Å². The molecule has 174 valence electrons. The van der Waals surface area contributed by atoms with E-state index in [-0.39, 0.29) is 5.91 Å². The largest absolute Gasteiger partial charge is 0.494 e. The molecule has 4 aromatic rings. The summed E-state index contributed by atoms with van der Waals surface area (Å²) in [6.45, 7) is 2.97. The third kappa shape index (κ3) is 6.04. The van der Waals surface area contributed by atoms with E-state index >= 15 is 0 Å². The lowest BCUT2D eigenvalue weighted by Gasteiger charge is -2.12. The van der Waals surface area contributed by atoms with E-state index in [0.717, 1.165) is 34.1 Å². The predicted octanol–water partition coefficient (Wildman–Crippen LogP) is 5.84. The number of nitrogens with one attached hydrogen (secondary N) is 1. The number of carbonyl (C=O) groups is 1. The molecule has 1 N–H and O–H groups in total. The van der Waals surface area contributed by atoms with Gasteiger partial charge < -0.3 is 9.47 Å². The van der Waals surface area contributed by atoms with Crippen LogP contribution >= 0.6 is 0 Å². The second-order valence-electron chi connectivity index (χ2n) is 7.87. The Balaban J connectivity index is 1.51. The molecule has 0 atom stereocenters. The monoisotopic (exact) mass is 463 g/mol. The van der Waals surface area contributed by atoms with Crippen LogP contribution in [0.2, 0.25) is 0 Å². The van der Waals surface area contributed by atoms with Crippen LogP contribution in [-0.4, -0.2) is 18.7 Å². The lowest BCUT2D eigenvalue weighted by atomic mass is 10.0. The number of amides is 1. The highest BCUT2D eigenvalue weighted by Crippen LogP contribution is 2.27. The van der Waals surface area contributed by atoms with Crippen molar-refractivity contribution in [1.29, 1.82) is 5.26 Å². The van der Waals surface area contributed by atoms with Crippen molar-refractivity contribution in [2.75, 3.05) is 6.61 Å². The van der Waals surface area contributed by atoms with Crippen LogP contribution in [0.4, 0.5) is 0 Å². The highest BCUT2D eigenvalue weighted by atomic mass is 16.5. The van der Waals surface area contributed by atoms with Crippen molar-refractivity contribution >= 4 is 22.9 Å².